The van der Waals surface area contributed by atoms with E-state index in [0.29, 0.717) is 12.6 Å². The number of hydrogen-bond acceptors (Lipinski definition) is 3. The smallest absolute Gasteiger partial charge is 0.304 e. The van der Waals surface area contributed by atoms with Gasteiger partial charge in [-0.3, -0.25) is 9.69 Å². The molecule has 1 saturated heterocycles. The Hall–Kier alpha value is -0.870. The van der Waals surface area contributed by atoms with Crippen LogP contribution < -0.4 is 5.32 Å². The van der Waals surface area contributed by atoms with Gasteiger partial charge < -0.3 is 10.4 Å². The number of nitrogens with zero attached hydrogens (tertiary/aromatic N) is 1. The van der Waals surface area contributed by atoms with E-state index in [2.05, 4.69) is 16.8 Å². The van der Waals surface area contributed by atoms with Gasteiger partial charge in [0.15, 0.2) is 0 Å². The van der Waals surface area contributed by atoms with E-state index < -0.39 is 5.97 Å². The van der Waals surface area contributed by atoms with Gasteiger partial charge >= 0.3 is 5.97 Å². The van der Waals surface area contributed by atoms with Crippen LogP contribution in [-0.2, 0) is 4.79 Å². The van der Waals surface area contributed by atoms with Crippen LogP contribution in [-0.4, -0.2) is 48.2 Å². The zero-order chi connectivity index (χ0) is 11.1. The predicted octanol–water partition coefficient (Wildman–Crippen LogP) is 0.701. The molecule has 1 atom stereocenters. The number of hydrogen-bond donors (Lipinski definition) is 2. The van der Waals surface area contributed by atoms with Gasteiger partial charge in [0.2, 0.25) is 0 Å². The molecule has 1 unspecified atom stereocenters. The number of carboxylic acids is 1. The maximum absolute atomic E-state index is 10.3. The van der Waals surface area contributed by atoms with E-state index >= 15 is 0 Å². The summed E-state index contributed by atoms with van der Waals surface area (Å²) >= 11 is 0. The summed E-state index contributed by atoms with van der Waals surface area (Å²) in [5, 5.41) is 11.8. The molecule has 1 aliphatic rings. The van der Waals surface area contributed by atoms with Crippen LogP contribution in [0.25, 0.3) is 0 Å². The highest BCUT2D eigenvalue weighted by molar-refractivity contribution is 5.66. The van der Waals surface area contributed by atoms with Crippen molar-refractivity contribution in [1.29, 1.82) is 0 Å². The first-order valence-corrected chi connectivity index (χ1v) is 5.51. The van der Waals surface area contributed by atoms with Crippen molar-refractivity contribution in [1.82, 2.24) is 10.2 Å². The number of likely N-dealkylation sites (tertiary alicyclic amines) is 1. The number of nitrogens with one attached hydrogen (secondary N) is 1. The second kappa shape index (κ2) is 6.58. The molecule has 0 aromatic carbocycles. The van der Waals surface area contributed by atoms with Crippen LogP contribution in [0.4, 0.5) is 0 Å². The van der Waals surface area contributed by atoms with Crippen molar-refractivity contribution in [2.24, 2.45) is 0 Å². The molecule has 86 valence electrons. The van der Waals surface area contributed by atoms with Gasteiger partial charge in [0.25, 0.3) is 0 Å². The van der Waals surface area contributed by atoms with Crippen molar-refractivity contribution in [3.05, 3.63) is 12.7 Å². The van der Waals surface area contributed by atoms with E-state index in [4.69, 9.17) is 5.11 Å². The fourth-order valence-corrected chi connectivity index (χ4v) is 1.95. The number of carboxylic acid groups (broad SMARTS) is 1. The summed E-state index contributed by atoms with van der Waals surface area (Å²) in [7, 11) is 0. The third kappa shape index (κ3) is 4.95. The summed E-state index contributed by atoms with van der Waals surface area (Å²) < 4.78 is 0. The maximum atomic E-state index is 10.3. The molecule has 4 nitrogen and oxygen atoms in total. The molecule has 1 aliphatic heterocycles. The van der Waals surface area contributed by atoms with E-state index in [1.807, 2.05) is 6.08 Å². The first kappa shape index (κ1) is 12.2. The molecule has 0 aromatic rings. The predicted molar refractivity (Wildman–Crippen MR) is 59.9 cm³/mol. The quantitative estimate of drug-likeness (QED) is 0.636. The van der Waals surface area contributed by atoms with Crippen LogP contribution in [0.15, 0.2) is 12.7 Å². The largest absolute Gasteiger partial charge is 0.481 e. The lowest BCUT2D eigenvalue weighted by Gasteiger charge is -2.32. The van der Waals surface area contributed by atoms with Crippen molar-refractivity contribution in [3.63, 3.8) is 0 Å². The standard InChI is InChI=1S/C11H20N2O2/c1-2-7-13-8-3-4-10(9-13)12-6-5-11(14)15/h2,10,12H,1,3-9H2,(H,14,15). The molecule has 1 rings (SSSR count). The average Bonchev–Trinajstić information content (AvgIpc) is 2.18. The van der Waals surface area contributed by atoms with Crippen molar-refractivity contribution < 1.29 is 9.90 Å². The van der Waals surface area contributed by atoms with Crippen molar-refractivity contribution in [2.45, 2.75) is 25.3 Å². The molecule has 2 N–H and O–H groups in total. The zero-order valence-corrected chi connectivity index (χ0v) is 9.11. The van der Waals surface area contributed by atoms with Gasteiger partial charge in [0.1, 0.15) is 0 Å². The Bertz CT molecular complexity index is 219. The molecule has 1 fully saturated rings. The molecule has 0 amide bonds. The highest BCUT2D eigenvalue weighted by atomic mass is 16.4. The summed E-state index contributed by atoms with van der Waals surface area (Å²) in [5.74, 6) is -0.735. The molecule has 0 radical (unpaired) electrons. The highest BCUT2D eigenvalue weighted by Crippen LogP contribution is 2.09. The number of carbonyl (C=O) groups is 1. The van der Waals surface area contributed by atoms with E-state index in [9.17, 15) is 4.79 Å². The molecule has 0 aliphatic carbocycles. The fraction of sp³-hybridized carbons (Fsp3) is 0.727. The minimum atomic E-state index is -0.735. The van der Waals surface area contributed by atoms with Gasteiger partial charge in [-0.2, -0.15) is 0 Å². The van der Waals surface area contributed by atoms with Gasteiger partial charge in [-0.15, -0.1) is 6.58 Å². The first-order valence-electron chi connectivity index (χ1n) is 5.51. The molecule has 15 heavy (non-hydrogen) atoms. The third-order valence-corrected chi connectivity index (χ3v) is 2.66. The zero-order valence-electron chi connectivity index (χ0n) is 9.11. The molecule has 0 bridgehead atoms. The lowest BCUT2D eigenvalue weighted by atomic mass is 10.1. The van der Waals surface area contributed by atoms with Crippen molar-refractivity contribution >= 4 is 5.97 Å². The maximum Gasteiger partial charge on any atom is 0.304 e. The number of aliphatic carboxylic acids is 1. The topological polar surface area (TPSA) is 52.6 Å². The minimum absolute atomic E-state index is 0.206. The van der Waals surface area contributed by atoms with Gasteiger partial charge in [0.05, 0.1) is 6.42 Å². The summed E-state index contributed by atoms with van der Waals surface area (Å²) in [6, 6.07) is 0.443. The molecule has 0 spiro atoms. The Morgan fingerprint density at radius 2 is 2.47 bits per heavy atom. The summed E-state index contributed by atoms with van der Waals surface area (Å²) in [6.07, 6.45) is 4.45. The van der Waals surface area contributed by atoms with Crippen molar-refractivity contribution in [3.8, 4) is 0 Å². The van der Waals surface area contributed by atoms with Crippen LogP contribution in [0.3, 0.4) is 0 Å². The lowest BCUT2D eigenvalue weighted by molar-refractivity contribution is -0.136. The van der Waals surface area contributed by atoms with Crippen LogP contribution in [0, 0.1) is 0 Å². The lowest BCUT2D eigenvalue weighted by Crippen LogP contribution is -2.46. The Labute approximate surface area is 91.0 Å². The monoisotopic (exact) mass is 212 g/mol. The second-order valence-corrected chi connectivity index (χ2v) is 3.99. The Morgan fingerprint density at radius 3 is 3.13 bits per heavy atom. The Kier molecular flexibility index (Phi) is 5.36. The molecule has 1 heterocycles. The van der Waals surface area contributed by atoms with E-state index in [-0.39, 0.29) is 6.42 Å². The number of piperidine rings is 1. The first-order chi connectivity index (χ1) is 7.22. The van der Waals surface area contributed by atoms with Crippen molar-refractivity contribution in [2.75, 3.05) is 26.2 Å². The highest BCUT2D eigenvalue weighted by Gasteiger charge is 2.18. The van der Waals surface area contributed by atoms with Gasteiger partial charge in [0, 0.05) is 25.7 Å². The Balaban J connectivity index is 2.18. The number of rotatable bonds is 6. The second-order valence-electron chi connectivity index (χ2n) is 3.99. The fourth-order valence-electron chi connectivity index (χ4n) is 1.95. The molecule has 0 saturated carbocycles. The van der Waals surface area contributed by atoms with Crippen LogP contribution >= 0.6 is 0 Å². The van der Waals surface area contributed by atoms with Crippen LogP contribution in [0.1, 0.15) is 19.3 Å². The molecular weight excluding hydrogens is 192 g/mol. The molecule has 4 heteroatoms. The summed E-state index contributed by atoms with van der Waals surface area (Å²) in [6.45, 7) is 7.36. The van der Waals surface area contributed by atoms with Gasteiger partial charge in [-0.1, -0.05) is 6.08 Å². The van der Waals surface area contributed by atoms with Crippen LogP contribution in [0.5, 0.6) is 0 Å². The van der Waals surface area contributed by atoms with E-state index in [1.54, 1.807) is 0 Å². The van der Waals surface area contributed by atoms with E-state index in [0.717, 1.165) is 26.1 Å². The third-order valence-electron chi connectivity index (χ3n) is 2.66. The van der Waals surface area contributed by atoms with Gasteiger partial charge in [-0.05, 0) is 19.4 Å². The molecule has 0 aromatic heterocycles. The van der Waals surface area contributed by atoms with Crippen LogP contribution in [0.2, 0.25) is 0 Å². The summed E-state index contributed by atoms with van der Waals surface area (Å²) in [5.41, 5.74) is 0. The Morgan fingerprint density at radius 1 is 1.67 bits per heavy atom. The average molecular weight is 212 g/mol. The minimum Gasteiger partial charge on any atom is -0.481 e. The SMILES string of the molecule is C=CCN1CCCC(NCCC(=O)O)C1. The normalized spacial score (nSPS) is 22.5. The summed E-state index contributed by atoms with van der Waals surface area (Å²) in [4.78, 5) is 12.7. The van der Waals surface area contributed by atoms with E-state index in [1.165, 1.54) is 6.42 Å². The van der Waals surface area contributed by atoms with Gasteiger partial charge in [-0.25, -0.2) is 0 Å². The molecular formula is C11H20N2O2.